The van der Waals surface area contributed by atoms with Gasteiger partial charge < -0.3 is 9.84 Å². The molecule has 1 fully saturated rings. The van der Waals surface area contributed by atoms with Crippen molar-refractivity contribution < 1.29 is 19.0 Å². The highest BCUT2D eigenvalue weighted by Crippen LogP contribution is 2.35. The fourth-order valence-corrected chi connectivity index (χ4v) is 2.26. The van der Waals surface area contributed by atoms with E-state index in [9.17, 15) is 9.18 Å². The smallest absolute Gasteiger partial charge is 0.309 e. The highest BCUT2D eigenvalue weighted by Gasteiger charge is 2.33. The maximum absolute atomic E-state index is 13.2. The van der Waals surface area contributed by atoms with Crippen molar-refractivity contribution in [3.05, 3.63) is 35.1 Å². The number of carboxylic acid groups (broad SMARTS) is 1. The third-order valence-electron chi connectivity index (χ3n) is 3.19. The van der Waals surface area contributed by atoms with Gasteiger partial charge in [-0.3, -0.25) is 4.79 Å². The van der Waals surface area contributed by atoms with Gasteiger partial charge in [0.1, 0.15) is 5.82 Å². The minimum absolute atomic E-state index is 0.357. The maximum Gasteiger partial charge on any atom is 0.309 e. The number of ether oxygens (including phenoxy) is 1. The molecular weight excluding hydrogens is 223 g/mol. The summed E-state index contributed by atoms with van der Waals surface area (Å²) in [5, 5.41) is 9.16. The summed E-state index contributed by atoms with van der Waals surface area (Å²) in [7, 11) is 0. The van der Waals surface area contributed by atoms with Crippen molar-refractivity contribution in [2.75, 3.05) is 6.61 Å². The van der Waals surface area contributed by atoms with E-state index in [0.29, 0.717) is 18.6 Å². The van der Waals surface area contributed by atoms with E-state index >= 15 is 0 Å². The lowest BCUT2D eigenvalue weighted by molar-refractivity contribution is -0.151. The molecule has 1 aliphatic rings. The Hall–Kier alpha value is -1.42. The van der Waals surface area contributed by atoms with Crippen LogP contribution in [-0.4, -0.2) is 17.7 Å². The summed E-state index contributed by atoms with van der Waals surface area (Å²) in [5.41, 5.74) is 1.52. The topological polar surface area (TPSA) is 46.5 Å². The summed E-state index contributed by atoms with van der Waals surface area (Å²) in [6.45, 7) is 2.37. The van der Waals surface area contributed by atoms with E-state index in [4.69, 9.17) is 9.84 Å². The number of aliphatic carboxylic acids is 1. The Morgan fingerprint density at radius 2 is 2.29 bits per heavy atom. The number of benzene rings is 1. The molecule has 4 heteroatoms. The number of carbonyl (C=O) groups is 1. The fraction of sp³-hybridized carbons (Fsp3) is 0.462. The minimum atomic E-state index is -0.877. The lowest BCUT2D eigenvalue weighted by Gasteiger charge is -2.30. The van der Waals surface area contributed by atoms with Crippen LogP contribution in [0.25, 0.3) is 0 Å². The second-order valence-electron chi connectivity index (χ2n) is 4.38. The Labute approximate surface area is 99.2 Å². The monoisotopic (exact) mass is 238 g/mol. The standard InChI is InChI=1S/C13H15FO3/c1-8-4-5-9(14)7-11(8)12-10(13(15)16)3-2-6-17-12/h4-5,7,10,12H,2-3,6H2,1H3,(H,15,16). The molecule has 3 nitrogen and oxygen atoms in total. The predicted octanol–water partition coefficient (Wildman–Crippen LogP) is 2.69. The van der Waals surface area contributed by atoms with Gasteiger partial charge in [-0.05, 0) is 43.0 Å². The predicted molar refractivity (Wildman–Crippen MR) is 60.2 cm³/mol. The minimum Gasteiger partial charge on any atom is -0.481 e. The Kier molecular flexibility index (Phi) is 3.43. The Morgan fingerprint density at radius 3 is 3.00 bits per heavy atom. The van der Waals surface area contributed by atoms with Crippen molar-refractivity contribution >= 4 is 5.97 Å². The summed E-state index contributed by atoms with van der Waals surface area (Å²) in [5.74, 6) is -1.81. The average molecular weight is 238 g/mol. The van der Waals surface area contributed by atoms with Crippen molar-refractivity contribution in [2.24, 2.45) is 5.92 Å². The fourth-order valence-electron chi connectivity index (χ4n) is 2.26. The molecule has 0 aromatic heterocycles. The summed E-state index contributed by atoms with van der Waals surface area (Å²) >= 11 is 0. The van der Waals surface area contributed by atoms with Crippen LogP contribution in [0.1, 0.15) is 30.1 Å². The SMILES string of the molecule is Cc1ccc(F)cc1C1OCCCC1C(=O)O. The normalized spacial score (nSPS) is 24.6. The lowest BCUT2D eigenvalue weighted by Crippen LogP contribution is -2.29. The summed E-state index contributed by atoms with van der Waals surface area (Å²) in [4.78, 5) is 11.2. The van der Waals surface area contributed by atoms with Crippen LogP contribution >= 0.6 is 0 Å². The average Bonchev–Trinajstić information content (AvgIpc) is 2.32. The molecule has 17 heavy (non-hydrogen) atoms. The van der Waals surface area contributed by atoms with Gasteiger partial charge in [-0.2, -0.15) is 0 Å². The third-order valence-corrected chi connectivity index (χ3v) is 3.19. The second kappa shape index (κ2) is 4.84. The van der Waals surface area contributed by atoms with Crippen LogP contribution in [0, 0.1) is 18.7 Å². The molecule has 2 atom stereocenters. The zero-order chi connectivity index (χ0) is 12.4. The maximum atomic E-state index is 13.2. The molecule has 0 amide bonds. The molecule has 1 saturated heterocycles. The van der Waals surface area contributed by atoms with Crippen molar-refractivity contribution in [2.45, 2.75) is 25.9 Å². The van der Waals surface area contributed by atoms with Gasteiger partial charge in [0.2, 0.25) is 0 Å². The van der Waals surface area contributed by atoms with Crippen LogP contribution in [-0.2, 0) is 9.53 Å². The van der Waals surface area contributed by atoms with Crippen molar-refractivity contribution in [3.63, 3.8) is 0 Å². The summed E-state index contributed by atoms with van der Waals surface area (Å²) < 4.78 is 18.8. The van der Waals surface area contributed by atoms with Gasteiger partial charge in [0.15, 0.2) is 0 Å². The molecule has 1 heterocycles. The molecule has 0 spiro atoms. The molecule has 0 radical (unpaired) electrons. The van der Waals surface area contributed by atoms with Gasteiger partial charge in [0, 0.05) is 6.61 Å². The first kappa shape index (κ1) is 12.0. The second-order valence-corrected chi connectivity index (χ2v) is 4.38. The summed E-state index contributed by atoms with van der Waals surface area (Å²) in [6.07, 6.45) is 0.787. The van der Waals surface area contributed by atoms with Crippen LogP contribution in [0.2, 0.25) is 0 Å². The number of hydrogen-bond acceptors (Lipinski definition) is 2. The molecule has 1 aromatic carbocycles. The molecule has 0 saturated carbocycles. The molecular formula is C13H15FO3. The van der Waals surface area contributed by atoms with Gasteiger partial charge in [0.05, 0.1) is 12.0 Å². The van der Waals surface area contributed by atoms with Gasteiger partial charge in [0.25, 0.3) is 0 Å². The highest BCUT2D eigenvalue weighted by molar-refractivity contribution is 5.71. The first-order chi connectivity index (χ1) is 8.09. The zero-order valence-corrected chi connectivity index (χ0v) is 9.65. The molecule has 1 aliphatic heterocycles. The van der Waals surface area contributed by atoms with E-state index in [1.54, 1.807) is 6.07 Å². The molecule has 92 valence electrons. The van der Waals surface area contributed by atoms with Crippen LogP contribution < -0.4 is 0 Å². The highest BCUT2D eigenvalue weighted by atomic mass is 19.1. The van der Waals surface area contributed by atoms with Crippen LogP contribution in [0.3, 0.4) is 0 Å². The first-order valence-electron chi connectivity index (χ1n) is 5.70. The Balaban J connectivity index is 2.35. The van der Waals surface area contributed by atoms with Crippen molar-refractivity contribution in [1.29, 1.82) is 0 Å². The van der Waals surface area contributed by atoms with Crippen LogP contribution in [0.15, 0.2) is 18.2 Å². The third kappa shape index (κ3) is 2.47. The van der Waals surface area contributed by atoms with E-state index < -0.39 is 18.0 Å². The van der Waals surface area contributed by atoms with E-state index in [0.717, 1.165) is 12.0 Å². The Morgan fingerprint density at radius 1 is 1.53 bits per heavy atom. The van der Waals surface area contributed by atoms with Crippen LogP contribution in [0.4, 0.5) is 4.39 Å². The lowest BCUT2D eigenvalue weighted by atomic mass is 9.87. The van der Waals surface area contributed by atoms with Gasteiger partial charge in [-0.1, -0.05) is 6.07 Å². The number of hydrogen-bond donors (Lipinski definition) is 1. The van der Waals surface area contributed by atoms with Crippen LogP contribution in [0.5, 0.6) is 0 Å². The van der Waals surface area contributed by atoms with E-state index in [-0.39, 0.29) is 5.82 Å². The Bertz CT molecular complexity index is 431. The number of halogens is 1. The number of aryl methyl sites for hydroxylation is 1. The molecule has 2 unspecified atom stereocenters. The quantitative estimate of drug-likeness (QED) is 0.861. The number of carboxylic acids is 1. The van der Waals surface area contributed by atoms with Crippen molar-refractivity contribution in [3.8, 4) is 0 Å². The molecule has 2 rings (SSSR count). The van der Waals surface area contributed by atoms with Gasteiger partial charge in [-0.15, -0.1) is 0 Å². The van der Waals surface area contributed by atoms with E-state index in [2.05, 4.69) is 0 Å². The largest absolute Gasteiger partial charge is 0.481 e. The molecule has 0 bridgehead atoms. The first-order valence-corrected chi connectivity index (χ1v) is 5.70. The molecule has 1 aromatic rings. The van der Waals surface area contributed by atoms with E-state index in [1.807, 2.05) is 6.92 Å². The van der Waals surface area contributed by atoms with Crippen molar-refractivity contribution in [1.82, 2.24) is 0 Å². The summed E-state index contributed by atoms with van der Waals surface area (Å²) in [6, 6.07) is 4.40. The van der Waals surface area contributed by atoms with Gasteiger partial charge >= 0.3 is 5.97 Å². The molecule has 0 aliphatic carbocycles. The van der Waals surface area contributed by atoms with E-state index in [1.165, 1.54) is 12.1 Å². The zero-order valence-electron chi connectivity index (χ0n) is 9.65. The molecule has 1 N–H and O–H groups in total. The van der Waals surface area contributed by atoms with Gasteiger partial charge in [-0.25, -0.2) is 4.39 Å². The number of rotatable bonds is 2.